The predicted octanol–water partition coefficient (Wildman–Crippen LogP) is -3.70. The van der Waals surface area contributed by atoms with E-state index in [1.165, 1.54) is 35.3 Å². The number of carbonyl (C=O) groups is 4. The Balaban J connectivity index is 0.00000462. The normalized spacial score (nSPS) is 18.1. The fourth-order valence-corrected chi connectivity index (χ4v) is 5.71. The number of nitrogens with one attached hydrogen (secondary N) is 1. The van der Waals surface area contributed by atoms with Gasteiger partial charge in [-0.25, -0.2) is 9.55 Å². The first-order valence-corrected chi connectivity index (χ1v) is 13.6. The molecule has 0 spiro atoms. The smallest absolute Gasteiger partial charge is 0.543 e. The van der Waals surface area contributed by atoms with E-state index in [2.05, 4.69) is 20.4 Å². The van der Waals surface area contributed by atoms with E-state index in [4.69, 9.17) is 16.0 Å². The van der Waals surface area contributed by atoms with Crippen LogP contribution in [0, 0.1) is 0 Å². The van der Waals surface area contributed by atoms with Crippen LogP contribution in [0.15, 0.2) is 63.5 Å². The molecule has 2 aromatic rings. The number of pyridine rings is 1. The monoisotopic (exact) mass is 604 g/mol. The fourth-order valence-electron chi connectivity index (χ4n) is 3.85. The number of hydrogen-bond donors (Lipinski definition) is 2. The summed E-state index contributed by atoms with van der Waals surface area (Å²) in [4.78, 5) is 62.9. The van der Waals surface area contributed by atoms with Crippen LogP contribution >= 0.6 is 23.1 Å². The molecule has 14 nitrogen and oxygen atoms in total. The number of rotatable bonds is 10. The van der Waals surface area contributed by atoms with Crippen LogP contribution in [0.1, 0.15) is 23.0 Å². The number of aliphatic carboxylic acids is 1. The molecule has 2 aromatic heterocycles. The Hall–Kier alpha value is -3.66. The van der Waals surface area contributed by atoms with Gasteiger partial charge < -0.3 is 36.2 Å². The minimum absolute atomic E-state index is 0. The summed E-state index contributed by atoms with van der Waals surface area (Å²) in [6.07, 6.45) is 6.50. The van der Waals surface area contributed by atoms with Crippen LogP contribution in [0.4, 0.5) is 5.13 Å². The van der Waals surface area contributed by atoms with Gasteiger partial charge in [0.1, 0.15) is 23.7 Å². The standard InChI is InChI=1S/C24H22N8O6S2.Na/c1-2-38-30-16(15-11-40-24(26)28-15)20(34)29-17-21(35)32-18(23(36)37)14(10-39-22(17)32)4-3-7-31-8-5-13(6-9-31)19(33)27-12-25;/h3-6,8-9,11,17,22H,2,7,10H2,1H3,(H2,26,28)(H,29,34)(H,36,37);/q;+1/p-1/b4-3+,30-16-;/t17-,22-;/m1./s1. The van der Waals surface area contributed by atoms with Crippen molar-refractivity contribution in [2.45, 2.75) is 24.9 Å². The Bertz CT molecular complexity index is 1500. The summed E-state index contributed by atoms with van der Waals surface area (Å²) < 4.78 is 1.72. The maximum absolute atomic E-state index is 13.0. The van der Waals surface area contributed by atoms with Gasteiger partial charge in [0.2, 0.25) is 0 Å². The molecule has 0 aliphatic carbocycles. The molecule has 1 fully saturated rings. The Morgan fingerprint density at radius 2 is 2.12 bits per heavy atom. The molecule has 4 rings (SSSR count). The number of nitrogens with two attached hydrogens (primary N) is 1. The molecule has 17 heteroatoms. The number of anilines is 1. The first-order valence-electron chi connectivity index (χ1n) is 11.7. The van der Waals surface area contributed by atoms with Crippen LogP contribution in [-0.4, -0.2) is 69.1 Å². The van der Waals surface area contributed by atoms with Gasteiger partial charge in [-0.05, 0) is 18.6 Å². The minimum atomic E-state index is -1.52. The summed E-state index contributed by atoms with van der Waals surface area (Å²) in [6.45, 7) is 2.22. The van der Waals surface area contributed by atoms with Gasteiger partial charge in [-0.1, -0.05) is 11.2 Å². The van der Waals surface area contributed by atoms with Crippen LogP contribution < -0.4 is 50.3 Å². The second-order valence-electron chi connectivity index (χ2n) is 8.15. The van der Waals surface area contributed by atoms with Gasteiger partial charge in [-0.15, -0.1) is 29.1 Å². The Morgan fingerprint density at radius 3 is 2.73 bits per heavy atom. The number of β-lactam (4-membered cyclic amide) rings is 1. The van der Waals surface area contributed by atoms with E-state index in [9.17, 15) is 24.3 Å². The number of hydrogen-bond acceptors (Lipinski definition) is 11. The Kier molecular flexibility index (Phi) is 11.1. The molecule has 206 valence electrons. The zero-order valence-electron chi connectivity index (χ0n) is 21.8. The van der Waals surface area contributed by atoms with E-state index in [1.807, 2.05) is 0 Å². The number of carbonyl (C=O) groups excluding carboxylic acids is 4. The predicted molar refractivity (Wildman–Crippen MR) is 143 cm³/mol. The number of nitrogens with zero attached hydrogens (tertiary/aromatic N) is 6. The Labute approximate surface area is 263 Å². The molecular weight excluding hydrogens is 583 g/mol. The molecular formula is C24H21N8NaO6S2. The summed E-state index contributed by atoms with van der Waals surface area (Å²) >= 11 is 2.40. The van der Waals surface area contributed by atoms with Gasteiger partial charge in [-0.3, -0.25) is 19.3 Å². The molecule has 3 N–H and O–H groups in total. The van der Waals surface area contributed by atoms with E-state index in [1.54, 1.807) is 36.0 Å². The van der Waals surface area contributed by atoms with Gasteiger partial charge >= 0.3 is 29.6 Å². The molecule has 1 saturated heterocycles. The van der Waals surface area contributed by atoms with Crippen molar-refractivity contribution in [2.24, 2.45) is 10.1 Å². The number of allylic oxidation sites excluding steroid dienone is 2. The van der Waals surface area contributed by atoms with Crippen LogP contribution in [0.25, 0.3) is 5.41 Å². The van der Waals surface area contributed by atoms with Gasteiger partial charge in [-0.2, -0.15) is 0 Å². The van der Waals surface area contributed by atoms with Gasteiger partial charge in [0.05, 0.1) is 11.7 Å². The number of aliphatic imine (C=N–C) groups is 1. The molecule has 2 aliphatic heterocycles. The van der Waals surface area contributed by atoms with Crippen molar-refractivity contribution in [3.8, 4) is 0 Å². The zero-order valence-corrected chi connectivity index (χ0v) is 25.5. The maximum atomic E-state index is 13.0. The first-order chi connectivity index (χ1) is 19.2. The third kappa shape index (κ3) is 7.16. The molecule has 3 amide bonds. The number of thiazole rings is 1. The topological polar surface area (TPSA) is 206 Å². The van der Waals surface area contributed by atoms with Crippen molar-refractivity contribution in [3.63, 3.8) is 0 Å². The number of oxime groups is 1. The summed E-state index contributed by atoms with van der Waals surface area (Å²) in [5, 5.41) is 28.0. The van der Waals surface area contributed by atoms with E-state index >= 15 is 0 Å². The van der Waals surface area contributed by atoms with Crippen molar-refractivity contribution >= 4 is 63.6 Å². The molecule has 2 atom stereocenters. The third-order valence-corrected chi connectivity index (χ3v) is 7.64. The number of nitrogen functional groups attached to an aromatic ring is 1. The Morgan fingerprint density at radius 1 is 1.39 bits per heavy atom. The average Bonchev–Trinajstić information content (AvgIpc) is 3.37. The second kappa shape index (κ2) is 14.3. The molecule has 0 radical (unpaired) electrons. The number of amides is 3. The maximum Gasteiger partial charge on any atom is 1.00 e. The van der Waals surface area contributed by atoms with Crippen molar-refractivity contribution in [1.82, 2.24) is 15.2 Å². The van der Waals surface area contributed by atoms with Crippen molar-refractivity contribution in [2.75, 3.05) is 18.1 Å². The largest absolute Gasteiger partial charge is 1.00 e. The molecule has 0 unspecified atom stereocenters. The SMILES string of the molecule is CCO/N=C(\C(=O)N[C@@H]1C(=O)N2C(C(=O)[O-])=C(/C=C/C[n+]3ccc(C(=O)N=C=[N-])cc3)CS[C@H]12)c1csc(N)n1.[Na+]. The molecule has 0 saturated carbocycles. The number of carboxylic acids is 1. The van der Waals surface area contributed by atoms with Crippen molar-refractivity contribution in [3.05, 3.63) is 70.0 Å². The molecule has 0 aromatic carbocycles. The van der Waals surface area contributed by atoms with E-state index in [0.717, 1.165) is 16.2 Å². The van der Waals surface area contributed by atoms with Gasteiger partial charge in [0.25, 0.3) is 11.8 Å². The van der Waals surface area contributed by atoms with Crippen molar-refractivity contribution < 1.29 is 63.2 Å². The zero-order chi connectivity index (χ0) is 28.8. The second-order valence-corrected chi connectivity index (χ2v) is 10.1. The summed E-state index contributed by atoms with van der Waals surface area (Å²) in [7, 11) is 0. The summed E-state index contributed by atoms with van der Waals surface area (Å²) in [6, 6.07) is 3.46. The van der Waals surface area contributed by atoms with Crippen LogP contribution in [0.3, 0.4) is 0 Å². The molecule has 0 bridgehead atoms. The number of thioether (sulfide) groups is 1. The average molecular weight is 605 g/mol. The van der Waals surface area contributed by atoms with E-state index in [-0.39, 0.29) is 69.7 Å². The van der Waals surface area contributed by atoms with Crippen LogP contribution in [0.2, 0.25) is 0 Å². The van der Waals surface area contributed by atoms with E-state index < -0.39 is 35.1 Å². The third-order valence-electron chi connectivity index (χ3n) is 5.67. The summed E-state index contributed by atoms with van der Waals surface area (Å²) in [5.41, 5.74) is 6.05. The molecule has 2 aliphatic rings. The van der Waals surface area contributed by atoms with Crippen molar-refractivity contribution in [1.29, 1.82) is 0 Å². The van der Waals surface area contributed by atoms with E-state index in [0.29, 0.717) is 12.1 Å². The number of carboxylic acid groups (broad SMARTS) is 1. The minimum Gasteiger partial charge on any atom is -0.543 e. The van der Waals surface area contributed by atoms with Crippen LogP contribution in [-0.2, 0) is 25.8 Å². The number of aromatic nitrogens is 2. The first kappa shape index (κ1) is 31.9. The fraction of sp³-hybridized carbons (Fsp3) is 0.250. The molecule has 41 heavy (non-hydrogen) atoms. The van der Waals surface area contributed by atoms with Crippen LogP contribution in [0.5, 0.6) is 0 Å². The summed E-state index contributed by atoms with van der Waals surface area (Å²) in [5.74, 6) is -3.25. The van der Waals surface area contributed by atoms with Gasteiger partial charge in [0.15, 0.2) is 35.7 Å². The van der Waals surface area contributed by atoms with Gasteiger partial charge in [0, 0.05) is 28.8 Å². The number of fused-ring (bicyclic) bond motifs is 1. The quantitative estimate of drug-likeness (QED) is 0.0899. The molecule has 4 heterocycles.